The van der Waals surface area contributed by atoms with E-state index >= 15 is 0 Å². The molecule has 21 heavy (non-hydrogen) atoms. The minimum atomic E-state index is -0.212. The summed E-state index contributed by atoms with van der Waals surface area (Å²) < 4.78 is 1.50. The fraction of sp³-hybridized carbons (Fsp3) is 0.333. The molecule has 1 aliphatic heterocycles. The van der Waals surface area contributed by atoms with Gasteiger partial charge in [-0.2, -0.15) is 5.26 Å². The molecule has 0 radical (unpaired) electrons. The van der Waals surface area contributed by atoms with Gasteiger partial charge in [-0.15, -0.1) is 0 Å². The molecule has 1 fully saturated rings. The SMILES string of the molecule is Cn1c(N2CCC[C@H]2C#N)nc(-c2ccncc2)cc1=O. The first-order valence-corrected chi connectivity index (χ1v) is 6.85. The van der Waals surface area contributed by atoms with Crippen molar-refractivity contribution in [2.75, 3.05) is 11.4 Å². The summed E-state index contributed by atoms with van der Waals surface area (Å²) in [7, 11) is 1.69. The number of pyridine rings is 1. The van der Waals surface area contributed by atoms with Crippen LogP contribution in [-0.2, 0) is 7.05 Å². The molecular weight excluding hydrogens is 266 g/mol. The maximum atomic E-state index is 12.2. The summed E-state index contributed by atoms with van der Waals surface area (Å²) in [6, 6.07) is 7.21. The number of hydrogen-bond donors (Lipinski definition) is 0. The van der Waals surface area contributed by atoms with Gasteiger partial charge in [-0.1, -0.05) is 0 Å². The van der Waals surface area contributed by atoms with Crippen LogP contribution in [0.5, 0.6) is 0 Å². The molecule has 0 bridgehead atoms. The van der Waals surface area contributed by atoms with Crippen LogP contribution in [0.4, 0.5) is 5.95 Å². The minimum Gasteiger partial charge on any atom is -0.326 e. The van der Waals surface area contributed by atoms with E-state index in [1.165, 1.54) is 10.6 Å². The second-order valence-corrected chi connectivity index (χ2v) is 5.06. The molecule has 0 unspecified atom stereocenters. The van der Waals surface area contributed by atoms with Crippen molar-refractivity contribution in [3.8, 4) is 17.3 Å². The Morgan fingerprint density at radius 1 is 1.38 bits per heavy atom. The molecule has 1 atom stereocenters. The third kappa shape index (κ3) is 2.38. The van der Waals surface area contributed by atoms with E-state index in [2.05, 4.69) is 16.0 Å². The standard InChI is InChI=1S/C15H15N5O/c1-19-14(21)9-13(11-4-6-17-7-5-11)18-15(19)20-8-2-3-12(20)10-16/h4-7,9,12H,2-3,8H2,1H3/t12-/m0/s1. The van der Waals surface area contributed by atoms with E-state index in [0.717, 1.165) is 24.9 Å². The predicted molar refractivity (Wildman–Crippen MR) is 78.7 cm³/mol. The summed E-state index contributed by atoms with van der Waals surface area (Å²) in [5.74, 6) is 0.554. The first-order chi connectivity index (χ1) is 10.2. The smallest absolute Gasteiger partial charge is 0.255 e. The molecule has 0 aliphatic carbocycles. The highest BCUT2D eigenvalue weighted by molar-refractivity contribution is 5.59. The highest BCUT2D eigenvalue weighted by atomic mass is 16.1. The van der Waals surface area contributed by atoms with Crippen molar-refractivity contribution in [3.05, 3.63) is 40.9 Å². The lowest BCUT2D eigenvalue weighted by molar-refractivity contribution is 0.727. The largest absolute Gasteiger partial charge is 0.326 e. The zero-order valence-electron chi connectivity index (χ0n) is 11.7. The molecule has 2 aromatic heterocycles. The predicted octanol–water partition coefficient (Wildman–Crippen LogP) is 1.33. The summed E-state index contributed by atoms with van der Waals surface area (Å²) >= 11 is 0. The number of hydrogen-bond acceptors (Lipinski definition) is 5. The van der Waals surface area contributed by atoms with E-state index < -0.39 is 0 Å². The van der Waals surface area contributed by atoms with Crippen molar-refractivity contribution in [3.63, 3.8) is 0 Å². The van der Waals surface area contributed by atoms with Crippen LogP contribution in [0.15, 0.2) is 35.4 Å². The van der Waals surface area contributed by atoms with Gasteiger partial charge in [0, 0.05) is 37.6 Å². The summed E-state index contributed by atoms with van der Waals surface area (Å²) in [6.45, 7) is 0.748. The zero-order chi connectivity index (χ0) is 14.8. The topological polar surface area (TPSA) is 74.8 Å². The first kappa shape index (κ1) is 13.3. The third-order valence-corrected chi connectivity index (χ3v) is 3.75. The Morgan fingerprint density at radius 2 is 2.14 bits per heavy atom. The van der Waals surface area contributed by atoms with Crippen molar-refractivity contribution in [2.24, 2.45) is 7.05 Å². The molecule has 0 saturated carbocycles. The van der Waals surface area contributed by atoms with Crippen molar-refractivity contribution < 1.29 is 0 Å². The number of anilines is 1. The molecule has 6 heteroatoms. The highest BCUT2D eigenvalue weighted by Crippen LogP contribution is 2.24. The Morgan fingerprint density at radius 3 is 2.86 bits per heavy atom. The second-order valence-electron chi connectivity index (χ2n) is 5.06. The van der Waals surface area contributed by atoms with Crippen LogP contribution in [0, 0.1) is 11.3 Å². The minimum absolute atomic E-state index is 0.129. The van der Waals surface area contributed by atoms with Gasteiger partial charge in [0.1, 0.15) is 6.04 Å². The van der Waals surface area contributed by atoms with Gasteiger partial charge in [-0.25, -0.2) is 4.98 Å². The van der Waals surface area contributed by atoms with Crippen LogP contribution < -0.4 is 10.5 Å². The Labute approximate surface area is 122 Å². The number of nitrogens with zero attached hydrogens (tertiary/aromatic N) is 5. The summed E-state index contributed by atoms with van der Waals surface area (Å²) in [6.07, 6.45) is 5.09. The summed E-state index contributed by atoms with van der Waals surface area (Å²) in [5, 5.41) is 9.23. The number of rotatable bonds is 2. The van der Waals surface area contributed by atoms with Gasteiger partial charge >= 0.3 is 0 Å². The fourth-order valence-electron chi connectivity index (χ4n) is 2.60. The van der Waals surface area contributed by atoms with Crippen LogP contribution in [0.1, 0.15) is 12.8 Å². The maximum Gasteiger partial charge on any atom is 0.255 e. The normalized spacial score (nSPS) is 17.7. The van der Waals surface area contributed by atoms with E-state index in [1.54, 1.807) is 19.4 Å². The number of nitriles is 1. The molecule has 106 valence electrons. The molecule has 0 aromatic carbocycles. The van der Waals surface area contributed by atoms with Crippen LogP contribution in [-0.4, -0.2) is 27.1 Å². The molecule has 1 saturated heterocycles. The highest BCUT2D eigenvalue weighted by Gasteiger charge is 2.27. The van der Waals surface area contributed by atoms with E-state index in [4.69, 9.17) is 0 Å². The van der Waals surface area contributed by atoms with Gasteiger partial charge in [-0.3, -0.25) is 14.3 Å². The molecule has 0 spiro atoms. The van der Waals surface area contributed by atoms with Gasteiger partial charge < -0.3 is 4.90 Å². The van der Waals surface area contributed by atoms with Crippen molar-refractivity contribution >= 4 is 5.95 Å². The van der Waals surface area contributed by atoms with Crippen LogP contribution in [0.25, 0.3) is 11.3 Å². The van der Waals surface area contributed by atoms with Gasteiger partial charge in [-0.05, 0) is 25.0 Å². The van der Waals surface area contributed by atoms with Gasteiger partial charge in [0.05, 0.1) is 11.8 Å². The Hall–Kier alpha value is -2.68. The van der Waals surface area contributed by atoms with Crippen molar-refractivity contribution in [1.82, 2.24) is 14.5 Å². The van der Waals surface area contributed by atoms with Gasteiger partial charge in [0.15, 0.2) is 0 Å². The van der Waals surface area contributed by atoms with Crippen molar-refractivity contribution in [1.29, 1.82) is 5.26 Å². The van der Waals surface area contributed by atoms with E-state index in [1.807, 2.05) is 17.0 Å². The quantitative estimate of drug-likeness (QED) is 0.830. The molecule has 0 amide bonds. The van der Waals surface area contributed by atoms with Crippen LogP contribution in [0.2, 0.25) is 0 Å². The molecule has 2 aromatic rings. The monoisotopic (exact) mass is 281 g/mol. The summed E-state index contributed by atoms with van der Waals surface area (Å²) in [4.78, 5) is 22.7. The molecule has 0 N–H and O–H groups in total. The number of aromatic nitrogens is 3. The lowest BCUT2D eigenvalue weighted by Gasteiger charge is -2.23. The van der Waals surface area contributed by atoms with Crippen LogP contribution in [0.3, 0.4) is 0 Å². The molecule has 6 nitrogen and oxygen atoms in total. The summed E-state index contributed by atoms with van der Waals surface area (Å²) in [5.41, 5.74) is 1.33. The Bertz CT molecular complexity index is 747. The van der Waals surface area contributed by atoms with Gasteiger partial charge in [0.25, 0.3) is 5.56 Å². The molecular formula is C15H15N5O. The molecule has 3 rings (SSSR count). The van der Waals surface area contributed by atoms with Crippen molar-refractivity contribution in [2.45, 2.75) is 18.9 Å². The van der Waals surface area contributed by atoms with Crippen LogP contribution >= 0.6 is 0 Å². The Kier molecular flexibility index (Phi) is 3.40. The van der Waals surface area contributed by atoms with E-state index in [-0.39, 0.29) is 11.6 Å². The maximum absolute atomic E-state index is 12.2. The average molecular weight is 281 g/mol. The van der Waals surface area contributed by atoms with E-state index in [0.29, 0.717) is 11.6 Å². The molecule has 3 heterocycles. The zero-order valence-corrected chi connectivity index (χ0v) is 11.7. The average Bonchev–Trinajstić information content (AvgIpc) is 2.99. The van der Waals surface area contributed by atoms with E-state index in [9.17, 15) is 10.1 Å². The third-order valence-electron chi connectivity index (χ3n) is 3.75. The Balaban J connectivity index is 2.11. The second kappa shape index (κ2) is 5.37. The van der Waals surface area contributed by atoms with Gasteiger partial charge in [0.2, 0.25) is 5.95 Å². The fourth-order valence-corrected chi connectivity index (χ4v) is 2.60. The lowest BCUT2D eigenvalue weighted by Crippen LogP contribution is -2.34. The first-order valence-electron chi connectivity index (χ1n) is 6.85. The lowest BCUT2D eigenvalue weighted by atomic mass is 10.2. The molecule has 1 aliphatic rings.